The molecule has 0 aromatic heterocycles. The molecule has 0 bridgehead atoms. The molecule has 0 aliphatic heterocycles. The van der Waals surface area contributed by atoms with E-state index in [0.717, 1.165) is 18.8 Å². The van der Waals surface area contributed by atoms with Gasteiger partial charge in [-0.15, -0.1) is 0 Å². The predicted octanol–water partition coefficient (Wildman–Crippen LogP) is 4.19. The van der Waals surface area contributed by atoms with Crippen molar-refractivity contribution in [1.82, 2.24) is 0 Å². The van der Waals surface area contributed by atoms with Crippen LogP contribution in [0, 0.1) is 11.7 Å². The first kappa shape index (κ1) is 14.3. The van der Waals surface area contributed by atoms with Crippen molar-refractivity contribution in [3.05, 3.63) is 29.6 Å². The molecule has 1 fully saturated rings. The standard InChI is InChI=1S/C16H24FNO/c1-3-12-5-4-6-13(9-12)19-14-7-8-15(11(2)18)16(17)10-14/h7-8,10-13H,3-6,9,18H2,1-2H3/t11-,12?,13?/m0/s1. The Morgan fingerprint density at radius 3 is 2.84 bits per heavy atom. The van der Waals surface area contributed by atoms with Crippen LogP contribution in [-0.2, 0) is 0 Å². The molecule has 3 atom stereocenters. The van der Waals surface area contributed by atoms with Gasteiger partial charge in [0.2, 0.25) is 0 Å². The molecule has 1 aliphatic rings. The maximum Gasteiger partial charge on any atom is 0.131 e. The fraction of sp³-hybridized carbons (Fsp3) is 0.625. The maximum absolute atomic E-state index is 13.8. The molecule has 0 amide bonds. The van der Waals surface area contributed by atoms with E-state index in [1.165, 1.54) is 25.3 Å². The lowest BCUT2D eigenvalue weighted by molar-refractivity contribution is 0.121. The SMILES string of the molecule is CCC1CCCC(Oc2ccc([C@H](C)N)c(F)c2)C1. The van der Waals surface area contributed by atoms with Gasteiger partial charge in [-0.25, -0.2) is 4.39 Å². The quantitative estimate of drug-likeness (QED) is 0.885. The topological polar surface area (TPSA) is 35.2 Å². The highest BCUT2D eigenvalue weighted by molar-refractivity contribution is 5.30. The van der Waals surface area contributed by atoms with Gasteiger partial charge < -0.3 is 10.5 Å². The van der Waals surface area contributed by atoms with Gasteiger partial charge >= 0.3 is 0 Å². The van der Waals surface area contributed by atoms with Gasteiger partial charge in [0.25, 0.3) is 0 Å². The summed E-state index contributed by atoms with van der Waals surface area (Å²) in [5.74, 6) is 1.12. The molecule has 2 unspecified atom stereocenters. The van der Waals surface area contributed by atoms with E-state index >= 15 is 0 Å². The average molecular weight is 265 g/mol. The number of hydrogen-bond donors (Lipinski definition) is 1. The van der Waals surface area contributed by atoms with Crippen molar-refractivity contribution in [3.63, 3.8) is 0 Å². The smallest absolute Gasteiger partial charge is 0.131 e. The molecule has 1 saturated carbocycles. The third-order valence-corrected chi connectivity index (χ3v) is 4.08. The Hall–Kier alpha value is -1.09. The summed E-state index contributed by atoms with van der Waals surface area (Å²) in [6, 6.07) is 4.74. The number of hydrogen-bond acceptors (Lipinski definition) is 2. The Morgan fingerprint density at radius 1 is 1.42 bits per heavy atom. The zero-order valence-corrected chi connectivity index (χ0v) is 11.9. The predicted molar refractivity (Wildman–Crippen MR) is 75.7 cm³/mol. The van der Waals surface area contributed by atoms with E-state index < -0.39 is 0 Å². The maximum atomic E-state index is 13.8. The molecule has 0 heterocycles. The summed E-state index contributed by atoms with van der Waals surface area (Å²) in [7, 11) is 0. The zero-order chi connectivity index (χ0) is 13.8. The molecular formula is C16H24FNO. The Kier molecular flexibility index (Phi) is 4.81. The fourth-order valence-electron chi connectivity index (χ4n) is 2.86. The van der Waals surface area contributed by atoms with Crippen molar-refractivity contribution in [2.45, 2.75) is 58.1 Å². The largest absolute Gasteiger partial charge is 0.490 e. The first-order valence-electron chi connectivity index (χ1n) is 7.31. The van der Waals surface area contributed by atoms with Gasteiger partial charge in [0, 0.05) is 17.7 Å². The lowest BCUT2D eigenvalue weighted by Gasteiger charge is -2.29. The fourth-order valence-corrected chi connectivity index (χ4v) is 2.86. The highest BCUT2D eigenvalue weighted by atomic mass is 19.1. The van der Waals surface area contributed by atoms with Gasteiger partial charge in [-0.05, 0) is 38.2 Å². The van der Waals surface area contributed by atoms with Gasteiger partial charge in [0.15, 0.2) is 0 Å². The van der Waals surface area contributed by atoms with Crippen LogP contribution in [0.5, 0.6) is 5.75 Å². The van der Waals surface area contributed by atoms with Crippen LogP contribution in [0.25, 0.3) is 0 Å². The van der Waals surface area contributed by atoms with Crippen LogP contribution in [-0.4, -0.2) is 6.10 Å². The molecule has 1 aromatic carbocycles. The Bertz CT molecular complexity index is 419. The molecule has 0 radical (unpaired) electrons. The van der Waals surface area contributed by atoms with E-state index in [2.05, 4.69) is 6.92 Å². The van der Waals surface area contributed by atoms with Gasteiger partial charge in [0.05, 0.1) is 6.10 Å². The summed E-state index contributed by atoms with van der Waals surface area (Å²) in [5.41, 5.74) is 6.25. The minimum absolute atomic E-state index is 0.235. The number of halogens is 1. The van der Waals surface area contributed by atoms with Crippen LogP contribution in [0.3, 0.4) is 0 Å². The van der Waals surface area contributed by atoms with Gasteiger partial charge in [-0.1, -0.05) is 25.8 Å². The monoisotopic (exact) mass is 265 g/mol. The summed E-state index contributed by atoms with van der Waals surface area (Å²) >= 11 is 0. The Morgan fingerprint density at radius 2 is 2.21 bits per heavy atom. The molecule has 1 aromatic rings. The molecule has 2 N–H and O–H groups in total. The molecule has 2 rings (SSSR count). The van der Waals surface area contributed by atoms with Crippen molar-refractivity contribution < 1.29 is 9.13 Å². The molecule has 106 valence electrons. The molecular weight excluding hydrogens is 241 g/mol. The Balaban J connectivity index is 2.01. The third kappa shape index (κ3) is 3.69. The number of benzene rings is 1. The van der Waals surface area contributed by atoms with Crippen molar-refractivity contribution >= 4 is 0 Å². The van der Waals surface area contributed by atoms with Gasteiger partial charge in [-0.2, -0.15) is 0 Å². The van der Waals surface area contributed by atoms with E-state index in [-0.39, 0.29) is 18.0 Å². The Labute approximate surface area is 115 Å². The van der Waals surface area contributed by atoms with Crippen molar-refractivity contribution in [2.24, 2.45) is 11.7 Å². The van der Waals surface area contributed by atoms with E-state index in [0.29, 0.717) is 11.3 Å². The zero-order valence-electron chi connectivity index (χ0n) is 11.9. The van der Waals surface area contributed by atoms with Crippen molar-refractivity contribution in [2.75, 3.05) is 0 Å². The van der Waals surface area contributed by atoms with Gasteiger partial charge in [-0.3, -0.25) is 0 Å². The summed E-state index contributed by atoms with van der Waals surface area (Å²) in [4.78, 5) is 0. The van der Waals surface area contributed by atoms with E-state index in [9.17, 15) is 4.39 Å². The molecule has 1 aliphatic carbocycles. The van der Waals surface area contributed by atoms with Crippen LogP contribution in [0.4, 0.5) is 4.39 Å². The number of nitrogens with two attached hydrogens (primary N) is 1. The molecule has 2 nitrogen and oxygen atoms in total. The normalized spacial score (nSPS) is 25.1. The van der Waals surface area contributed by atoms with Gasteiger partial charge in [0.1, 0.15) is 11.6 Å². The first-order valence-corrected chi connectivity index (χ1v) is 7.31. The van der Waals surface area contributed by atoms with E-state index in [1.807, 2.05) is 6.07 Å². The first-order chi connectivity index (χ1) is 9.10. The second-order valence-corrected chi connectivity index (χ2v) is 5.65. The van der Waals surface area contributed by atoms with Crippen molar-refractivity contribution in [1.29, 1.82) is 0 Å². The summed E-state index contributed by atoms with van der Waals surface area (Å²) in [6.45, 7) is 4.01. The second-order valence-electron chi connectivity index (χ2n) is 5.65. The minimum atomic E-state index is -0.284. The average Bonchev–Trinajstić information content (AvgIpc) is 2.38. The molecule has 19 heavy (non-hydrogen) atoms. The van der Waals surface area contributed by atoms with Crippen molar-refractivity contribution in [3.8, 4) is 5.75 Å². The highest BCUT2D eigenvalue weighted by Crippen LogP contribution is 2.30. The highest BCUT2D eigenvalue weighted by Gasteiger charge is 2.22. The van der Waals surface area contributed by atoms with Crippen LogP contribution in [0.1, 0.15) is 57.6 Å². The van der Waals surface area contributed by atoms with E-state index in [4.69, 9.17) is 10.5 Å². The van der Waals surface area contributed by atoms with Crippen LogP contribution in [0.15, 0.2) is 18.2 Å². The summed E-state index contributed by atoms with van der Waals surface area (Å²) in [5, 5.41) is 0. The molecule has 3 heteroatoms. The van der Waals surface area contributed by atoms with E-state index in [1.54, 1.807) is 13.0 Å². The third-order valence-electron chi connectivity index (χ3n) is 4.08. The van der Waals surface area contributed by atoms with Crippen LogP contribution in [0.2, 0.25) is 0 Å². The summed E-state index contributed by atoms with van der Waals surface area (Å²) in [6.07, 6.45) is 6.12. The number of rotatable bonds is 4. The molecule has 0 spiro atoms. The summed E-state index contributed by atoms with van der Waals surface area (Å²) < 4.78 is 19.8. The molecule has 0 saturated heterocycles. The van der Waals surface area contributed by atoms with Crippen LogP contribution >= 0.6 is 0 Å². The number of ether oxygens (including phenoxy) is 1. The lowest BCUT2D eigenvalue weighted by atomic mass is 9.85. The minimum Gasteiger partial charge on any atom is -0.490 e. The lowest BCUT2D eigenvalue weighted by Crippen LogP contribution is -2.25. The second kappa shape index (κ2) is 6.38. The van der Waals surface area contributed by atoms with Crippen LogP contribution < -0.4 is 10.5 Å².